The molecule has 15 heavy (non-hydrogen) atoms. The molecule has 84 valence electrons. The molecule has 0 amide bonds. The summed E-state index contributed by atoms with van der Waals surface area (Å²) in [5.74, 6) is -0.302. The number of hydrogen-bond acceptors (Lipinski definition) is 4. The number of ether oxygens (including phenoxy) is 1. The summed E-state index contributed by atoms with van der Waals surface area (Å²) < 4.78 is 6.38. The molecule has 1 rings (SSSR count). The summed E-state index contributed by atoms with van der Waals surface area (Å²) in [4.78, 5) is 11.2. The Labute approximate surface area is 89.2 Å². The van der Waals surface area contributed by atoms with Crippen LogP contribution < -0.4 is 5.73 Å². The lowest BCUT2D eigenvalue weighted by Gasteiger charge is -2.19. The Balaban J connectivity index is 2.84. The zero-order valence-electron chi connectivity index (χ0n) is 9.30. The van der Waals surface area contributed by atoms with Gasteiger partial charge in [0.2, 0.25) is 0 Å². The van der Waals surface area contributed by atoms with Crippen LogP contribution in [0, 0.1) is 0 Å². The lowest BCUT2D eigenvalue weighted by atomic mass is 9.94. The molecule has 0 bridgehead atoms. The fourth-order valence-electron chi connectivity index (χ4n) is 1.57. The van der Waals surface area contributed by atoms with E-state index < -0.39 is 0 Å². The Morgan fingerprint density at radius 3 is 2.80 bits per heavy atom. The molecule has 2 unspecified atom stereocenters. The normalized spacial score (nSPS) is 14.7. The van der Waals surface area contributed by atoms with E-state index in [1.54, 1.807) is 10.9 Å². The summed E-state index contributed by atoms with van der Waals surface area (Å²) in [5, 5.41) is 4.06. The number of aromatic nitrogens is 2. The van der Waals surface area contributed by atoms with E-state index in [1.807, 2.05) is 20.0 Å². The molecule has 0 aliphatic carbocycles. The predicted octanol–water partition coefficient (Wildman–Crippen LogP) is 0.414. The van der Waals surface area contributed by atoms with Crippen molar-refractivity contribution in [3.05, 3.63) is 18.0 Å². The van der Waals surface area contributed by atoms with Crippen LogP contribution in [0.1, 0.15) is 25.0 Å². The molecule has 0 saturated heterocycles. The van der Waals surface area contributed by atoms with Gasteiger partial charge in [0, 0.05) is 30.9 Å². The molecule has 2 N–H and O–H groups in total. The van der Waals surface area contributed by atoms with Crippen LogP contribution in [-0.2, 0) is 16.6 Å². The van der Waals surface area contributed by atoms with Gasteiger partial charge in [-0.15, -0.1) is 0 Å². The summed E-state index contributed by atoms with van der Waals surface area (Å²) in [5.41, 5.74) is 6.80. The van der Waals surface area contributed by atoms with Crippen molar-refractivity contribution in [2.45, 2.75) is 25.3 Å². The van der Waals surface area contributed by atoms with Gasteiger partial charge in [-0.25, -0.2) is 0 Å². The SMILES string of the molecule is COC(=O)CC(c1ccnn1C)C(C)N. The molecular formula is C10H17N3O2. The number of methoxy groups -OCH3 is 1. The first-order valence-corrected chi connectivity index (χ1v) is 4.86. The Kier molecular flexibility index (Phi) is 3.85. The maximum atomic E-state index is 11.2. The number of aryl methyl sites for hydroxylation is 1. The van der Waals surface area contributed by atoms with Crippen LogP contribution in [-0.4, -0.2) is 28.9 Å². The van der Waals surface area contributed by atoms with Crippen molar-refractivity contribution >= 4 is 5.97 Å². The average Bonchev–Trinajstić information content (AvgIpc) is 2.60. The smallest absolute Gasteiger partial charge is 0.306 e. The Hall–Kier alpha value is -1.36. The van der Waals surface area contributed by atoms with E-state index in [0.29, 0.717) is 0 Å². The molecule has 0 aliphatic rings. The predicted molar refractivity (Wildman–Crippen MR) is 56.2 cm³/mol. The van der Waals surface area contributed by atoms with E-state index in [2.05, 4.69) is 9.84 Å². The van der Waals surface area contributed by atoms with Crippen LogP contribution in [0.2, 0.25) is 0 Å². The Bertz CT molecular complexity index is 333. The van der Waals surface area contributed by atoms with E-state index in [1.165, 1.54) is 7.11 Å². The molecule has 0 saturated carbocycles. The highest BCUT2D eigenvalue weighted by molar-refractivity contribution is 5.70. The van der Waals surface area contributed by atoms with Gasteiger partial charge in [0.1, 0.15) is 0 Å². The standard InChI is InChI=1S/C10H17N3O2/c1-7(11)8(6-10(14)15-3)9-4-5-12-13(9)2/h4-5,7-8H,6,11H2,1-3H3. The van der Waals surface area contributed by atoms with Crippen molar-refractivity contribution in [2.75, 3.05) is 7.11 Å². The topological polar surface area (TPSA) is 70.1 Å². The molecule has 2 atom stereocenters. The lowest BCUT2D eigenvalue weighted by molar-refractivity contribution is -0.141. The minimum absolute atomic E-state index is 0.0510. The molecule has 0 radical (unpaired) electrons. The van der Waals surface area contributed by atoms with Crippen molar-refractivity contribution in [3.8, 4) is 0 Å². The Morgan fingerprint density at radius 1 is 1.73 bits per heavy atom. The summed E-state index contributed by atoms with van der Waals surface area (Å²) >= 11 is 0. The number of nitrogens with zero attached hydrogens (tertiary/aromatic N) is 2. The summed E-state index contributed by atoms with van der Waals surface area (Å²) in [7, 11) is 3.21. The van der Waals surface area contributed by atoms with Crippen LogP contribution in [0.15, 0.2) is 12.3 Å². The maximum Gasteiger partial charge on any atom is 0.306 e. The molecule has 1 heterocycles. The van der Waals surface area contributed by atoms with E-state index in [4.69, 9.17) is 5.73 Å². The molecule has 0 aromatic carbocycles. The minimum atomic E-state index is -0.251. The maximum absolute atomic E-state index is 11.2. The zero-order chi connectivity index (χ0) is 11.4. The van der Waals surface area contributed by atoms with Crippen LogP contribution in [0.5, 0.6) is 0 Å². The highest BCUT2D eigenvalue weighted by atomic mass is 16.5. The first kappa shape index (κ1) is 11.7. The quantitative estimate of drug-likeness (QED) is 0.732. The number of rotatable bonds is 4. The number of hydrogen-bond donors (Lipinski definition) is 1. The van der Waals surface area contributed by atoms with E-state index in [-0.39, 0.29) is 24.3 Å². The number of esters is 1. The molecule has 0 fully saturated rings. The van der Waals surface area contributed by atoms with E-state index in [9.17, 15) is 4.79 Å². The van der Waals surface area contributed by atoms with Crippen molar-refractivity contribution in [2.24, 2.45) is 12.8 Å². The molecule has 1 aromatic heterocycles. The monoisotopic (exact) mass is 211 g/mol. The largest absolute Gasteiger partial charge is 0.469 e. The van der Waals surface area contributed by atoms with Crippen LogP contribution in [0.4, 0.5) is 0 Å². The third kappa shape index (κ3) is 2.79. The second-order valence-corrected chi connectivity index (χ2v) is 3.63. The highest BCUT2D eigenvalue weighted by Gasteiger charge is 2.22. The summed E-state index contributed by atoms with van der Waals surface area (Å²) in [6.07, 6.45) is 1.98. The molecular weight excluding hydrogens is 194 g/mol. The van der Waals surface area contributed by atoms with Gasteiger partial charge in [-0.1, -0.05) is 0 Å². The van der Waals surface area contributed by atoms with Gasteiger partial charge in [-0.2, -0.15) is 5.10 Å². The fraction of sp³-hybridized carbons (Fsp3) is 0.600. The third-order valence-corrected chi connectivity index (χ3v) is 2.49. The summed E-state index contributed by atoms with van der Waals surface area (Å²) in [6.45, 7) is 1.88. The van der Waals surface area contributed by atoms with Crippen molar-refractivity contribution < 1.29 is 9.53 Å². The third-order valence-electron chi connectivity index (χ3n) is 2.49. The van der Waals surface area contributed by atoms with Crippen LogP contribution in [0.3, 0.4) is 0 Å². The first-order chi connectivity index (χ1) is 7.06. The van der Waals surface area contributed by atoms with Gasteiger partial charge in [0.15, 0.2) is 0 Å². The first-order valence-electron chi connectivity index (χ1n) is 4.86. The van der Waals surface area contributed by atoms with Gasteiger partial charge in [-0.3, -0.25) is 9.48 Å². The number of carbonyl (C=O) groups excluding carboxylic acids is 1. The van der Waals surface area contributed by atoms with E-state index in [0.717, 1.165) is 5.69 Å². The van der Waals surface area contributed by atoms with Gasteiger partial charge in [0.05, 0.1) is 13.5 Å². The van der Waals surface area contributed by atoms with Crippen molar-refractivity contribution in [1.29, 1.82) is 0 Å². The van der Waals surface area contributed by atoms with Crippen molar-refractivity contribution in [1.82, 2.24) is 9.78 Å². The van der Waals surface area contributed by atoms with Crippen LogP contribution >= 0.6 is 0 Å². The molecule has 1 aromatic rings. The second kappa shape index (κ2) is 4.93. The van der Waals surface area contributed by atoms with Gasteiger partial charge in [-0.05, 0) is 13.0 Å². The van der Waals surface area contributed by atoms with E-state index >= 15 is 0 Å². The molecule has 0 spiro atoms. The number of nitrogens with two attached hydrogens (primary N) is 1. The van der Waals surface area contributed by atoms with Gasteiger partial charge >= 0.3 is 5.97 Å². The Morgan fingerprint density at radius 2 is 2.40 bits per heavy atom. The lowest BCUT2D eigenvalue weighted by Crippen LogP contribution is -2.28. The van der Waals surface area contributed by atoms with Gasteiger partial charge in [0.25, 0.3) is 0 Å². The summed E-state index contributed by atoms with van der Waals surface area (Å²) in [6, 6.07) is 1.76. The van der Waals surface area contributed by atoms with Gasteiger partial charge < -0.3 is 10.5 Å². The zero-order valence-corrected chi connectivity index (χ0v) is 9.30. The molecule has 5 heteroatoms. The fourth-order valence-corrected chi connectivity index (χ4v) is 1.57. The molecule has 0 aliphatic heterocycles. The van der Waals surface area contributed by atoms with Crippen LogP contribution in [0.25, 0.3) is 0 Å². The van der Waals surface area contributed by atoms with Crippen molar-refractivity contribution in [3.63, 3.8) is 0 Å². The minimum Gasteiger partial charge on any atom is -0.469 e. The highest BCUT2D eigenvalue weighted by Crippen LogP contribution is 2.22. The second-order valence-electron chi connectivity index (χ2n) is 3.63. The molecule has 5 nitrogen and oxygen atoms in total. The number of carbonyl (C=O) groups is 1. The average molecular weight is 211 g/mol.